The van der Waals surface area contributed by atoms with Crippen molar-refractivity contribution in [2.75, 3.05) is 127 Å². The molecule has 236 valence electrons. The average Bonchev–Trinajstić information content (AvgIpc) is 3.04. The molecule has 0 radical (unpaired) electrons. The van der Waals surface area contributed by atoms with Crippen molar-refractivity contribution in [3.63, 3.8) is 0 Å². The number of anilines is 4. The van der Waals surface area contributed by atoms with Crippen LogP contribution in [0.2, 0.25) is 0 Å². The van der Waals surface area contributed by atoms with Gasteiger partial charge >= 0.3 is 0 Å². The summed E-state index contributed by atoms with van der Waals surface area (Å²) in [6.07, 6.45) is 3.92. The van der Waals surface area contributed by atoms with E-state index in [9.17, 15) is 10.2 Å². The van der Waals surface area contributed by atoms with Crippen molar-refractivity contribution >= 4 is 34.6 Å². The van der Waals surface area contributed by atoms with Gasteiger partial charge in [-0.05, 0) is 25.7 Å². The molecule has 2 N–H and O–H groups in total. The molecule has 0 amide bonds. The van der Waals surface area contributed by atoms with Crippen molar-refractivity contribution in [1.29, 1.82) is 0 Å². The highest BCUT2D eigenvalue weighted by Gasteiger charge is 2.29. The van der Waals surface area contributed by atoms with Gasteiger partial charge in [-0.3, -0.25) is 0 Å². The van der Waals surface area contributed by atoms with Crippen LogP contribution in [0.3, 0.4) is 0 Å². The lowest BCUT2D eigenvalue weighted by atomic mass is 10.1. The van der Waals surface area contributed by atoms with E-state index < -0.39 is 0 Å². The predicted molar refractivity (Wildman–Crippen MR) is 162 cm³/mol. The standard InChI is InChI=1S/C28H48N8O6/c1-39-19-15-36(16-20-40-2)28-30-24-23(26(32-28)34-11-7-22(42-4)8-12-34)29-27(35(13-17-37)14-18-38)31-25(24)33-9-5-21(41-3)6-10-33/h21-22,37-38H,5-20H2,1-4H3. The minimum absolute atomic E-state index is 0.0866. The van der Waals surface area contributed by atoms with Gasteiger partial charge in [0, 0.05) is 80.8 Å². The molecule has 4 rings (SSSR count). The first-order valence-electron chi connectivity index (χ1n) is 14.9. The van der Waals surface area contributed by atoms with E-state index in [0.29, 0.717) is 62.3 Å². The van der Waals surface area contributed by atoms with Gasteiger partial charge in [0.25, 0.3) is 0 Å². The number of methoxy groups -OCH3 is 4. The molecule has 0 aromatic carbocycles. The van der Waals surface area contributed by atoms with Gasteiger partial charge in [-0.25, -0.2) is 9.97 Å². The highest BCUT2D eigenvalue weighted by atomic mass is 16.5. The average molecular weight is 593 g/mol. The maximum absolute atomic E-state index is 9.78. The van der Waals surface area contributed by atoms with Crippen LogP contribution >= 0.6 is 0 Å². The van der Waals surface area contributed by atoms with Crippen molar-refractivity contribution in [1.82, 2.24) is 19.9 Å². The summed E-state index contributed by atoms with van der Waals surface area (Å²) >= 11 is 0. The first-order chi connectivity index (χ1) is 20.6. The molecule has 0 unspecified atom stereocenters. The molecule has 42 heavy (non-hydrogen) atoms. The zero-order chi connectivity index (χ0) is 29.9. The van der Waals surface area contributed by atoms with Crippen LogP contribution in [0.15, 0.2) is 0 Å². The minimum Gasteiger partial charge on any atom is -0.395 e. The number of rotatable bonds is 16. The molecule has 14 nitrogen and oxygen atoms in total. The van der Waals surface area contributed by atoms with E-state index in [-0.39, 0.29) is 25.4 Å². The van der Waals surface area contributed by atoms with Gasteiger partial charge in [-0.2, -0.15) is 9.97 Å². The fourth-order valence-electron chi connectivity index (χ4n) is 5.56. The first-order valence-corrected chi connectivity index (χ1v) is 14.9. The molecule has 0 atom stereocenters. The van der Waals surface area contributed by atoms with E-state index in [1.165, 1.54) is 0 Å². The van der Waals surface area contributed by atoms with E-state index >= 15 is 0 Å². The van der Waals surface area contributed by atoms with Crippen LogP contribution in [0, 0.1) is 0 Å². The monoisotopic (exact) mass is 592 g/mol. The highest BCUT2D eigenvalue weighted by Crippen LogP contribution is 2.35. The Hall–Kier alpha value is -2.62. The Labute approximate surface area is 248 Å². The summed E-state index contributed by atoms with van der Waals surface area (Å²) in [7, 11) is 6.89. The van der Waals surface area contributed by atoms with Crippen molar-refractivity contribution in [2.45, 2.75) is 37.9 Å². The van der Waals surface area contributed by atoms with Gasteiger partial charge < -0.3 is 48.8 Å². The van der Waals surface area contributed by atoms with Gasteiger partial charge in [0.1, 0.15) is 11.0 Å². The number of hydrogen-bond donors (Lipinski definition) is 2. The van der Waals surface area contributed by atoms with Crippen LogP contribution in [0.4, 0.5) is 23.5 Å². The fourth-order valence-corrected chi connectivity index (χ4v) is 5.56. The zero-order valence-electron chi connectivity index (χ0n) is 25.6. The topological polar surface area (TPSA) is 142 Å². The molecule has 0 aliphatic carbocycles. The molecule has 0 bridgehead atoms. The van der Waals surface area contributed by atoms with Gasteiger partial charge in [-0.1, -0.05) is 0 Å². The lowest BCUT2D eigenvalue weighted by Gasteiger charge is -2.35. The first kappa shape index (κ1) is 32.3. The Morgan fingerprint density at radius 1 is 0.619 bits per heavy atom. The third kappa shape index (κ3) is 7.85. The quantitative estimate of drug-likeness (QED) is 0.280. The maximum Gasteiger partial charge on any atom is 0.228 e. The number of aromatic nitrogens is 4. The number of aliphatic hydroxyl groups is 2. The van der Waals surface area contributed by atoms with Gasteiger partial charge in [0.05, 0.1) is 38.6 Å². The van der Waals surface area contributed by atoms with Crippen molar-refractivity contribution in [3.05, 3.63) is 0 Å². The number of piperidine rings is 2. The molecule has 2 saturated heterocycles. The van der Waals surface area contributed by atoms with E-state index in [4.69, 9.17) is 38.9 Å². The van der Waals surface area contributed by atoms with Crippen LogP contribution in [-0.2, 0) is 18.9 Å². The lowest BCUT2D eigenvalue weighted by molar-refractivity contribution is 0.0817. The summed E-state index contributed by atoms with van der Waals surface area (Å²) in [5, 5.41) is 19.6. The summed E-state index contributed by atoms with van der Waals surface area (Å²) < 4.78 is 22.1. The molecule has 2 aromatic rings. The van der Waals surface area contributed by atoms with Crippen molar-refractivity contribution < 1.29 is 29.2 Å². The van der Waals surface area contributed by atoms with Crippen molar-refractivity contribution in [3.8, 4) is 0 Å². The summed E-state index contributed by atoms with van der Waals surface area (Å²) in [6, 6.07) is 0. The maximum atomic E-state index is 9.78. The third-order valence-corrected chi connectivity index (χ3v) is 8.07. The summed E-state index contributed by atoms with van der Waals surface area (Å²) in [5.41, 5.74) is 1.33. The molecule has 0 saturated carbocycles. The minimum atomic E-state index is -0.0866. The molecule has 2 aliphatic rings. The van der Waals surface area contributed by atoms with Crippen LogP contribution in [0.1, 0.15) is 25.7 Å². The largest absolute Gasteiger partial charge is 0.395 e. The summed E-state index contributed by atoms with van der Waals surface area (Å²) in [6.45, 7) is 5.72. The number of aliphatic hydroxyl groups excluding tert-OH is 2. The van der Waals surface area contributed by atoms with Crippen molar-refractivity contribution in [2.24, 2.45) is 0 Å². The van der Waals surface area contributed by atoms with Crippen LogP contribution < -0.4 is 19.6 Å². The molecule has 2 aliphatic heterocycles. The van der Waals surface area contributed by atoms with E-state index in [0.717, 1.165) is 63.5 Å². The Morgan fingerprint density at radius 2 is 1.00 bits per heavy atom. The second-order valence-corrected chi connectivity index (χ2v) is 10.6. The summed E-state index contributed by atoms with van der Waals surface area (Å²) in [4.78, 5) is 28.7. The smallest absolute Gasteiger partial charge is 0.228 e. The number of ether oxygens (including phenoxy) is 4. The molecule has 2 fully saturated rings. The third-order valence-electron chi connectivity index (χ3n) is 8.07. The molecule has 2 aromatic heterocycles. The van der Waals surface area contributed by atoms with E-state index in [1.807, 2.05) is 4.90 Å². The van der Waals surface area contributed by atoms with E-state index in [1.54, 1.807) is 28.4 Å². The molecule has 4 heterocycles. The Bertz CT molecular complexity index is 1080. The molecular formula is C28H48N8O6. The fraction of sp³-hybridized carbons (Fsp3) is 0.786. The second-order valence-electron chi connectivity index (χ2n) is 10.6. The van der Waals surface area contributed by atoms with Crippen LogP contribution in [0.5, 0.6) is 0 Å². The SMILES string of the molecule is COCCN(CCOC)c1nc(N2CCC(OC)CC2)c2nc(N(CCO)CCO)nc(N3CCC(OC)CC3)c2n1. The Morgan fingerprint density at radius 3 is 1.33 bits per heavy atom. The Kier molecular flexibility index (Phi) is 12.5. The number of hydrogen-bond acceptors (Lipinski definition) is 14. The van der Waals surface area contributed by atoms with Gasteiger partial charge in [0.15, 0.2) is 11.6 Å². The molecular weight excluding hydrogens is 544 g/mol. The zero-order valence-corrected chi connectivity index (χ0v) is 25.6. The number of nitrogens with zero attached hydrogens (tertiary/aromatic N) is 8. The predicted octanol–water partition coefficient (Wildman–Crippen LogP) is 0.540. The normalized spacial score (nSPS) is 16.9. The Balaban J connectivity index is 1.90. The molecule has 14 heteroatoms. The summed E-state index contributed by atoms with van der Waals surface area (Å²) in [5.74, 6) is 2.48. The van der Waals surface area contributed by atoms with Crippen LogP contribution in [0.25, 0.3) is 11.0 Å². The highest BCUT2D eigenvalue weighted by molar-refractivity contribution is 5.95. The van der Waals surface area contributed by atoms with Gasteiger partial charge in [-0.15, -0.1) is 0 Å². The molecule has 0 spiro atoms. The number of fused-ring (bicyclic) bond motifs is 1. The van der Waals surface area contributed by atoms with E-state index in [2.05, 4.69) is 14.7 Å². The van der Waals surface area contributed by atoms with Gasteiger partial charge in [0.2, 0.25) is 11.9 Å². The van der Waals surface area contributed by atoms with Crippen LogP contribution in [-0.4, -0.2) is 150 Å². The lowest BCUT2D eigenvalue weighted by Crippen LogP contribution is -2.39. The second kappa shape index (κ2) is 16.3.